The Labute approximate surface area is 94.8 Å². The van der Waals surface area contributed by atoms with Crippen molar-refractivity contribution in [1.82, 2.24) is 0 Å². The fourth-order valence-electron chi connectivity index (χ4n) is 1.59. The monoisotopic (exact) mass is 223 g/mol. The van der Waals surface area contributed by atoms with Gasteiger partial charge in [-0.05, 0) is 19.4 Å². The molecule has 0 aromatic heterocycles. The molecule has 1 atom stereocenters. The van der Waals surface area contributed by atoms with E-state index in [-0.39, 0.29) is 5.60 Å². The van der Waals surface area contributed by atoms with Gasteiger partial charge in [0.05, 0.1) is 5.60 Å². The molecule has 84 valence electrons. The van der Waals surface area contributed by atoms with E-state index < -0.39 is 9.76 Å². The van der Waals surface area contributed by atoms with E-state index in [1.165, 1.54) is 5.56 Å². The summed E-state index contributed by atoms with van der Waals surface area (Å²) in [6.45, 7) is 6.50. The van der Waals surface area contributed by atoms with Crippen LogP contribution in [-0.2, 0) is 4.43 Å². The van der Waals surface area contributed by atoms with Crippen molar-refractivity contribution in [3.8, 4) is 0 Å². The molecular formula is C12H21NOSi. The normalized spacial score (nSPS) is 14.7. The summed E-state index contributed by atoms with van der Waals surface area (Å²) in [6, 6.07) is 10.5. The molecular weight excluding hydrogens is 202 g/mol. The first-order valence-corrected chi connectivity index (χ1v) is 7.04. The smallest absolute Gasteiger partial charge is 0.175 e. The lowest BCUT2D eigenvalue weighted by molar-refractivity contribution is 0.0892. The Kier molecular flexibility index (Phi) is 4.51. The van der Waals surface area contributed by atoms with Gasteiger partial charge in [0, 0.05) is 12.1 Å². The maximum Gasteiger partial charge on any atom is 0.175 e. The minimum absolute atomic E-state index is 0.104. The molecule has 1 aromatic carbocycles. The van der Waals surface area contributed by atoms with Gasteiger partial charge in [-0.15, -0.1) is 0 Å². The van der Waals surface area contributed by atoms with Gasteiger partial charge < -0.3 is 10.2 Å². The number of nitrogens with two attached hydrogens (primary N) is 1. The molecule has 1 unspecified atom stereocenters. The highest BCUT2D eigenvalue weighted by molar-refractivity contribution is 6.27. The van der Waals surface area contributed by atoms with Crippen molar-refractivity contribution in [2.24, 2.45) is 5.73 Å². The third-order valence-electron chi connectivity index (χ3n) is 2.93. The summed E-state index contributed by atoms with van der Waals surface area (Å²) in [6.07, 6.45) is 0.713. The summed E-state index contributed by atoms with van der Waals surface area (Å²) in [4.78, 5) is 0. The van der Waals surface area contributed by atoms with E-state index in [4.69, 9.17) is 10.2 Å². The zero-order valence-corrected chi connectivity index (χ0v) is 11.3. The standard InChI is InChI=1S/C12H21NOSi/c1-10(11-7-5-4-6-8-11)12(2,3)14-15-9-13/h4-8,10H,9,13,15H2,1-3H3. The summed E-state index contributed by atoms with van der Waals surface area (Å²) >= 11 is 0. The van der Waals surface area contributed by atoms with Crippen LogP contribution < -0.4 is 5.73 Å². The molecule has 0 amide bonds. The van der Waals surface area contributed by atoms with Gasteiger partial charge in [-0.3, -0.25) is 0 Å². The molecule has 0 aliphatic carbocycles. The topological polar surface area (TPSA) is 35.2 Å². The zero-order valence-electron chi connectivity index (χ0n) is 9.86. The van der Waals surface area contributed by atoms with Gasteiger partial charge >= 0.3 is 0 Å². The molecule has 0 radical (unpaired) electrons. The van der Waals surface area contributed by atoms with Crippen molar-refractivity contribution >= 4 is 9.76 Å². The average molecular weight is 223 g/mol. The molecule has 0 saturated heterocycles. The highest BCUT2D eigenvalue weighted by atomic mass is 28.2. The van der Waals surface area contributed by atoms with Crippen LogP contribution in [0.3, 0.4) is 0 Å². The first-order chi connectivity index (χ1) is 7.08. The van der Waals surface area contributed by atoms with Gasteiger partial charge in [-0.1, -0.05) is 37.3 Å². The van der Waals surface area contributed by atoms with E-state index in [9.17, 15) is 0 Å². The summed E-state index contributed by atoms with van der Waals surface area (Å²) in [7, 11) is -0.552. The second-order valence-electron chi connectivity index (χ2n) is 4.37. The lowest BCUT2D eigenvalue weighted by atomic mass is 9.86. The Morgan fingerprint density at radius 3 is 2.47 bits per heavy atom. The lowest BCUT2D eigenvalue weighted by Gasteiger charge is -2.33. The number of benzene rings is 1. The largest absolute Gasteiger partial charge is 0.417 e. The van der Waals surface area contributed by atoms with Crippen LogP contribution in [0.4, 0.5) is 0 Å². The third kappa shape index (κ3) is 3.45. The fourth-order valence-corrected chi connectivity index (χ4v) is 2.48. The molecule has 1 aromatic rings. The highest BCUT2D eigenvalue weighted by Gasteiger charge is 2.26. The Morgan fingerprint density at radius 1 is 1.33 bits per heavy atom. The molecule has 3 heteroatoms. The Balaban J connectivity index is 2.70. The molecule has 0 fully saturated rings. The SMILES string of the molecule is CC(c1ccccc1)C(C)(C)O[SiH2]CN. The van der Waals surface area contributed by atoms with Crippen molar-refractivity contribution in [2.45, 2.75) is 32.3 Å². The lowest BCUT2D eigenvalue weighted by Crippen LogP contribution is -2.34. The number of hydrogen-bond donors (Lipinski definition) is 1. The van der Waals surface area contributed by atoms with Gasteiger partial charge in [0.2, 0.25) is 0 Å². The average Bonchev–Trinajstić information content (AvgIpc) is 2.26. The maximum atomic E-state index is 5.91. The van der Waals surface area contributed by atoms with Crippen molar-refractivity contribution in [1.29, 1.82) is 0 Å². The predicted molar refractivity (Wildman–Crippen MR) is 67.6 cm³/mol. The van der Waals surface area contributed by atoms with Crippen LogP contribution in [0.5, 0.6) is 0 Å². The molecule has 0 bridgehead atoms. The van der Waals surface area contributed by atoms with E-state index in [1.807, 2.05) is 6.07 Å². The van der Waals surface area contributed by atoms with Crippen molar-refractivity contribution in [2.75, 3.05) is 6.17 Å². The highest BCUT2D eigenvalue weighted by Crippen LogP contribution is 2.29. The molecule has 0 spiro atoms. The molecule has 1 rings (SSSR count). The first kappa shape index (κ1) is 12.4. The fraction of sp³-hybridized carbons (Fsp3) is 0.500. The molecule has 15 heavy (non-hydrogen) atoms. The third-order valence-corrected chi connectivity index (χ3v) is 4.12. The van der Waals surface area contributed by atoms with Crippen LogP contribution in [0.1, 0.15) is 32.3 Å². The minimum Gasteiger partial charge on any atom is -0.417 e. The summed E-state index contributed by atoms with van der Waals surface area (Å²) in [5, 5.41) is 0. The van der Waals surface area contributed by atoms with E-state index in [0.29, 0.717) is 12.1 Å². The van der Waals surface area contributed by atoms with Gasteiger partial charge in [0.1, 0.15) is 0 Å². The van der Waals surface area contributed by atoms with Crippen LogP contribution in [0.15, 0.2) is 30.3 Å². The van der Waals surface area contributed by atoms with Crippen molar-refractivity contribution in [3.63, 3.8) is 0 Å². The van der Waals surface area contributed by atoms with E-state index >= 15 is 0 Å². The zero-order chi connectivity index (χ0) is 11.3. The number of hydrogen-bond acceptors (Lipinski definition) is 2. The molecule has 0 heterocycles. The maximum absolute atomic E-state index is 5.91. The molecule has 0 saturated carbocycles. The van der Waals surface area contributed by atoms with Gasteiger partial charge in [0.15, 0.2) is 9.76 Å². The van der Waals surface area contributed by atoms with Crippen LogP contribution in [0, 0.1) is 0 Å². The van der Waals surface area contributed by atoms with Gasteiger partial charge in [0.25, 0.3) is 0 Å². The van der Waals surface area contributed by atoms with Gasteiger partial charge in [-0.2, -0.15) is 0 Å². The van der Waals surface area contributed by atoms with Crippen LogP contribution >= 0.6 is 0 Å². The first-order valence-electron chi connectivity index (χ1n) is 5.47. The van der Waals surface area contributed by atoms with Crippen molar-refractivity contribution in [3.05, 3.63) is 35.9 Å². The minimum atomic E-state index is -0.552. The molecule has 2 nitrogen and oxygen atoms in total. The Morgan fingerprint density at radius 2 is 1.93 bits per heavy atom. The second kappa shape index (κ2) is 5.44. The summed E-state index contributed by atoms with van der Waals surface area (Å²) in [5.74, 6) is 0.401. The van der Waals surface area contributed by atoms with E-state index in [2.05, 4.69) is 45.0 Å². The molecule has 0 aliphatic heterocycles. The van der Waals surface area contributed by atoms with Crippen molar-refractivity contribution < 1.29 is 4.43 Å². The molecule has 0 aliphatic rings. The van der Waals surface area contributed by atoms with Gasteiger partial charge in [-0.25, -0.2) is 0 Å². The summed E-state index contributed by atoms with van der Waals surface area (Å²) in [5.41, 5.74) is 6.73. The Hall–Kier alpha value is -0.643. The Bertz CT molecular complexity index is 287. The van der Waals surface area contributed by atoms with Crippen LogP contribution in [0.25, 0.3) is 0 Å². The number of rotatable bonds is 5. The van der Waals surface area contributed by atoms with E-state index in [1.54, 1.807) is 0 Å². The predicted octanol–water partition coefficient (Wildman–Crippen LogP) is 1.59. The van der Waals surface area contributed by atoms with Crippen LogP contribution in [-0.4, -0.2) is 21.5 Å². The second-order valence-corrected chi connectivity index (χ2v) is 5.65. The quantitative estimate of drug-likeness (QED) is 0.769. The van der Waals surface area contributed by atoms with Crippen LogP contribution in [0.2, 0.25) is 0 Å². The molecule has 2 N–H and O–H groups in total. The van der Waals surface area contributed by atoms with E-state index in [0.717, 1.165) is 0 Å². The summed E-state index contributed by atoms with van der Waals surface area (Å²) < 4.78 is 5.91.